The van der Waals surface area contributed by atoms with E-state index in [1.54, 1.807) is 16.9 Å². The summed E-state index contributed by atoms with van der Waals surface area (Å²) in [5, 5.41) is 4.62. The standard InChI is InChI=1S/C19H25N5O/c1-14-10-20-11-17(21-14)13-23-7-5-15(6-8-23)12-24-19(25)9-16-3-2-4-18(16)22-24/h9-11,15H,2-8,12-13H2,1H3. The van der Waals surface area contributed by atoms with Gasteiger partial charge < -0.3 is 0 Å². The summed E-state index contributed by atoms with van der Waals surface area (Å²) in [6.45, 7) is 5.67. The summed E-state index contributed by atoms with van der Waals surface area (Å²) >= 11 is 0. The summed E-state index contributed by atoms with van der Waals surface area (Å²) in [5.41, 5.74) is 4.37. The number of rotatable bonds is 4. The molecule has 1 aliphatic carbocycles. The molecule has 0 atom stereocenters. The molecule has 0 saturated carbocycles. The van der Waals surface area contributed by atoms with Gasteiger partial charge in [-0.2, -0.15) is 5.10 Å². The molecule has 0 amide bonds. The van der Waals surface area contributed by atoms with E-state index in [1.165, 1.54) is 0 Å². The summed E-state index contributed by atoms with van der Waals surface area (Å²) in [6, 6.07) is 1.81. The second-order valence-electron chi connectivity index (χ2n) is 7.36. The SMILES string of the molecule is Cc1cncc(CN2CCC(Cn3nc4c(cc3=O)CCC4)CC2)n1. The van der Waals surface area contributed by atoms with Gasteiger partial charge in [0.15, 0.2) is 0 Å². The molecule has 2 aromatic heterocycles. The zero-order valence-corrected chi connectivity index (χ0v) is 14.8. The fraction of sp³-hybridized carbons (Fsp3) is 0.579. The third-order valence-corrected chi connectivity index (χ3v) is 5.35. The highest BCUT2D eigenvalue weighted by Gasteiger charge is 2.22. The summed E-state index contributed by atoms with van der Waals surface area (Å²) in [6.07, 6.45) is 9.01. The lowest BCUT2D eigenvalue weighted by Gasteiger charge is -2.31. The Hall–Kier alpha value is -2.08. The first-order valence-electron chi connectivity index (χ1n) is 9.27. The highest BCUT2D eigenvalue weighted by atomic mass is 16.1. The summed E-state index contributed by atoms with van der Waals surface area (Å²) < 4.78 is 1.70. The first kappa shape index (κ1) is 16.4. The summed E-state index contributed by atoms with van der Waals surface area (Å²) in [5.74, 6) is 0.532. The molecule has 2 aromatic rings. The predicted octanol–water partition coefficient (Wildman–Crippen LogP) is 1.74. The maximum absolute atomic E-state index is 12.3. The molecule has 0 spiro atoms. The van der Waals surface area contributed by atoms with Gasteiger partial charge in [-0.3, -0.25) is 19.7 Å². The molecule has 25 heavy (non-hydrogen) atoms. The van der Waals surface area contributed by atoms with Gasteiger partial charge in [0.2, 0.25) is 0 Å². The maximum atomic E-state index is 12.3. The Morgan fingerprint density at radius 2 is 2.04 bits per heavy atom. The molecule has 1 aliphatic heterocycles. The van der Waals surface area contributed by atoms with Gasteiger partial charge in [-0.15, -0.1) is 0 Å². The van der Waals surface area contributed by atoms with Crippen molar-refractivity contribution in [2.45, 2.75) is 52.1 Å². The lowest BCUT2D eigenvalue weighted by Crippen LogP contribution is -2.36. The van der Waals surface area contributed by atoms with Crippen molar-refractivity contribution in [2.24, 2.45) is 5.92 Å². The average Bonchev–Trinajstić information content (AvgIpc) is 3.04. The van der Waals surface area contributed by atoms with Crippen LogP contribution < -0.4 is 5.56 Å². The molecule has 0 bridgehead atoms. The first-order valence-corrected chi connectivity index (χ1v) is 9.27. The van der Waals surface area contributed by atoms with E-state index in [4.69, 9.17) is 0 Å². The molecule has 3 heterocycles. The van der Waals surface area contributed by atoms with Crippen LogP contribution in [0.15, 0.2) is 23.3 Å². The Bertz CT molecular complexity index is 808. The maximum Gasteiger partial charge on any atom is 0.267 e. The molecule has 1 saturated heterocycles. The van der Waals surface area contributed by atoms with Gasteiger partial charge in [0.05, 0.1) is 17.1 Å². The molecule has 132 valence electrons. The zero-order chi connectivity index (χ0) is 17.2. The van der Waals surface area contributed by atoms with Crippen LogP contribution in [0.1, 0.15) is 41.9 Å². The van der Waals surface area contributed by atoms with E-state index in [9.17, 15) is 4.79 Å². The number of aryl methyl sites for hydroxylation is 3. The molecule has 4 rings (SSSR count). The summed E-state index contributed by atoms with van der Waals surface area (Å²) in [7, 11) is 0. The van der Waals surface area contributed by atoms with Crippen LogP contribution in [-0.2, 0) is 25.9 Å². The molecule has 6 heteroatoms. The molecule has 1 fully saturated rings. The fourth-order valence-electron chi connectivity index (χ4n) is 3.96. The van der Waals surface area contributed by atoms with Crippen molar-refractivity contribution in [3.05, 3.63) is 51.5 Å². The van der Waals surface area contributed by atoms with Gasteiger partial charge in [-0.1, -0.05) is 0 Å². The first-order chi connectivity index (χ1) is 12.2. The Balaban J connectivity index is 1.34. The van der Waals surface area contributed by atoms with Crippen LogP contribution in [-0.4, -0.2) is 37.7 Å². The second kappa shape index (κ2) is 7.04. The minimum absolute atomic E-state index is 0.0677. The van der Waals surface area contributed by atoms with Crippen molar-refractivity contribution in [2.75, 3.05) is 13.1 Å². The quantitative estimate of drug-likeness (QED) is 0.849. The third kappa shape index (κ3) is 3.79. The topological polar surface area (TPSA) is 63.9 Å². The van der Waals surface area contributed by atoms with E-state index in [2.05, 4.69) is 20.0 Å². The van der Waals surface area contributed by atoms with E-state index in [0.29, 0.717) is 5.92 Å². The molecule has 0 unspecified atom stereocenters. The van der Waals surface area contributed by atoms with Crippen molar-refractivity contribution in [3.8, 4) is 0 Å². The average molecular weight is 339 g/mol. The Morgan fingerprint density at radius 1 is 1.20 bits per heavy atom. The molecule has 0 radical (unpaired) electrons. The van der Waals surface area contributed by atoms with Gasteiger partial charge in [-0.25, -0.2) is 4.68 Å². The molecule has 6 nitrogen and oxygen atoms in total. The number of likely N-dealkylation sites (tertiary alicyclic amines) is 1. The number of hydrogen-bond donors (Lipinski definition) is 0. The Labute approximate surface area is 147 Å². The zero-order valence-electron chi connectivity index (χ0n) is 14.8. The molecule has 0 aromatic carbocycles. The summed E-state index contributed by atoms with van der Waals surface area (Å²) in [4.78, 5) is 23.5. The van der Waals surface area contributed by atoms with Crippen LogP contribution in [0.5, 0.6) is 0 Å². The smallest absolute Gasteiger partial charge is 0.267 e. The number of aromatic nitrogens is 4. The van der Waals surface area contributed by atoms with Gasteiger partial charge in [-0.05, 0) is 63.6 Å². The predicted molar refractivity (Wildman–Crippen MR) is 95.3 cm³/mol. The number of nitrogens with zero attached hydrogens (tertiary/aromatic N) is 5. The Morgan fingerprint density at radius 3 is 2.84 bits per heavy atom. The van der Waals surface area contributed by atoms with Crippen molar-refractivity contribution in [3.63, 3.8) is 0 Å². The van der Waals surface area contributed by atoms with Gasteiger partial charge in [0, 0.05) is 31.5 Å². The van der Waals surface area contributed by atoms with E-state index >= 15 is 0 Å². The van der Waals surface area contributed by atoms with Crippen molar-refractivity contribution in [1.82, 2.24) is 24.6 Å². The van der Waals surface area contributed by atoms with Crippen LogP contribution in [0, 0.1) is 12.8 Å². The van der Waals surface area contributed by atoms with Gasteiger partial charge in [0.25, 0.3) is 5.56 Å². The fourth-order valence-corrected chi connectivity index (χ4v) is 3.96. The van der Waals surface area contributed by atoms with Crippen LogP contribution >= 0.6 is 0 Å². The Kier molecular flexibility index (Phi) is 4.61. The van der Waals surface area contributed by atoms with Gasteiger partial charge >= 0.3 is 0 Å². The lowest BCUT2D eigenvalue weighted by molar-refractivity contribution is 0.161. The van der Waals surface area contributed by atoms with Crippen LogP contribution in [0.25, 0.3) is 0 Å². The highest BCUT2D eigenvalue weighted by Crippen LogP contribution is 2.21. The van der Waals surface area contributed by atoms with Crippen molar-refractivity contribution < 1.29 is 0 Å². The highest BCUT2D eigenvalue weighted by molar-refractivity contribution is 5.22. The minimum atomic E-state index is 0.0677. The van der Waals surface area contributed by atoms with E-state index in [0.717, 1.165) is 80.9 Å². The third-order valence-electron chi connectivity index (χ3n) is 5.35. The van der Waals surface area contributed by atoms with Crippen molar-refractivity contribution >= 4 is 0 Å². The molecular formula is C19H25N5O. The molecule has 2 aliphatic rings. The van der Waals surface area contributed by atoms with Crippen LogP contribution in [0.4, 0.5) is 0 Å². The second-order valence-corrected chi connectivity index (χ2v) is 7.36. The number of piperidine rings is 1. The van der Waals surface area contributed by atoms with Crippen LogP contribution in [0.3, 0.4) is 0 Å². The normalized spacial score (nSPS) is 18.4. The minimum Gasteiger partial charge on any atom is -0.297 e. The van der Waals surface area contributed by atoms with E-state index in [1.807, 2.05) is 13.1 Å². The van der Waals surface area contributed by atoms with Crippen LogP contribution in [0.2, 0.25) is 0 Å². The van der Waals surface area contributed by atoms with Crippen molar-refractivity contribution in [1.29, 1.82) is 0 Å². The monoisotopic (exact) mass is 339 g/mol. The van der Waals surface area contributed by atoms with E-state index in [-0.39, 0.29) is 5.56 Å². The lowest BCUT2D eigenvalue weighted by atomic mass is 9.96. The largest absolute Gasteiger partial charge is 0.297 e. The molecule has 0 N–H and O–H groups in total. The van der Waals surface area contributed by atoms with E-state index < -0.39 is 0 Å². The number of hydrogen-bond acceptors (Lipinski definition) is 5. The van der Waals surface area contributed by atoms with Gasteiger partial charge in [0.1, 0.15) is 0 Å². The number of fused-ring (bicyclic) bond motifs is 1. The molecular weight excluding hydrogens is 314 g/mol.